The maximum atomic E-state index is 3.70. The molecule has 2 heteroatoms. The number of hydrogen-bond donors (Lipinski definition) is 1. The van der Waals surface area contributed by atoms with E-state index in [9.17, 15) is 0 Å². The zero-order valence-corrected chi connectivity index (χ0v) is 13.0. The van der Waals surface area contributed by atoms with E-state index in [0.29, 0.717) is 0 Å². The van der Waals surface area contributed by atoms with Crippen LogP contribution in [0, 0.1) is 19.8 Å². The molecule has 0 radical (unpaired) electrons. The van der Waals surface area contributed by atoms with Crippen LogP contribution in [0.5, 0.6) is 0 Å². The summed E-state index contributed by atoms with van der Waals surface area (Å²) in [5, 5.41) is 3.70. The quantitative estimate of drug-likeness (QED) is 0.885. The number of benzene rings is 1. The van der Waals surface area contributed by atoms with Crippen molar-refractivity contribution in [2.45, 2.75) is 52.1 Å². The van der Waals surface area contributed by atoms with E-state index in [4.69, 9.17) is 0 Å². The second kappa shape index (κ2) is 6.28. The predicted molar refractivity (Wildman–Crippen MR) is 84.9 cm³/mol. The van der Waals surface area contributed by atoms with Gasteiger partial charge in [-0.1, -0.05) is 18.2 Å². The summed E-state index contributed by atoms with van der Waals surface area (Å²) in [4.78, 5) is 2.65. The van der Waals surface area contributed by atoms with Crippen LogP contribution in [0.4, 0.5) is 0 Å². The summed E-state index contributed by atoms with van der Waals surface area (Å²) in [6.45, 7) is 9.31. The first-order chi connectivity index (χ1) is 9.70. The van der Waals surface area contributed by atoms with Gasteiger partial charge in [0.05, 0.1) is 0 Å². The molecule has 1 saturated carbocycles. The Labute approximate surface area is 123 Å². The maximum Gasteiger partial charge on any atom is 0.0233 e. The number of piperidine rings is 1. The van der Waals surface area contributed by atoms with Crippen molar-refractivity contribution in [3.63, 3.8) is 0 Å². The first kappa shape index (κ1) is 14.1. The molecule has 1 unspecified atom stereocenters. The zero-order valence-electron chi connectivity index (χ0n) is 13.0. The van der Waals surface area contributed by atoms with Crippen molar-refractivity contribution < 1.29 is 0 Å². The van der Waals surface area contributed by atoms with Crippen molar-refractivity contribution in [3.8, 4) is 0 Å². The molecule has 1 aromatic rings. The van der Waals surface area contributed by atoms with Crippen LogP contribution in [0.3, 0.4) is 0 Å². The van der Waals surface area contributed by atoms with E-state index in [0.717, 1.165) is 18.5 Å². The Morgan fingerprint density at radius 2 is 2.00 bits per heavy atom. The molecule has 0 aromatic heterocycles. The summed E-state index contributed by atoms with van der Waals surface area (Å²) in [7, 11) is 0. The van der Waals surface area contributed by atoms with E-state index in [1.54, 1.807) is 0 Å². The van der Waals surface area contributed by atoms with E-state index in [-0.39, 0.29) is 0 Å². The third-order valence-electron chi connectivity index (χ3n) is 4.85. The molecule has 1 saturated heterocycles. The predicted octanol–water partition coefficient (Wildman–Crippen LogP) is 3.27. The molecule has 0 bridgehead atoms. The molecule has 3 rings (SSSR count). The lowest BCUT2D eigenvalue weighted by atomic mass is 9.97. The molecule has 1 N–H and O–H groups in total. The van der Waals surface area contributed by atoms with E-state index in [1.165, 1.54) is 62.0 Å². The summed E-state index contributed by atoms with van der Waals surface area (Å²) in [5.41, 5.74) is 4.30. The van der Waals surface area contributed by atoms with Gasteiger partial charge in [-0.2, -0.15) is 0 Å². The number of nitrogens with one attached hydrogen (secondary N) is 1. The highest BCUT2D eigenvalue weighted by Gasteiger charge is 2.24. The Balaban J connectivity index is 1.51. The van der Waals surface area contributed by atoms with Crippen molar-refractivity contribution in [3.05, 3.63) is 34.9 Å². The Bertz CT molecular complexity index is 451. The van der Waals surface area contributed by atoms with Crippen LogP contribution >= 0.6 is 0 Å². The lowest BCUT2D eigenvalue weighted by molar-refractivity contribution is 0.165. The van der Waals surface area contributed by atoms with Crippen molar-refractivity contribution in [2.75, 3.05) is 19.6 Å². The molecule has 1 aliphatic heterocycles. The van der Waals surface area contributed by atoms with Gasteiger partial charge in [-0.15, -0.1) is 0 Å². The molecule has 2 aliphatic rings. The molecular weight excluding hydrogens is 244 g/mol. The second-order valence-corrected chi connectivity index (χ2v) is 6.84. The van der Waals surface area contributed by atoms with Crippen molar-refractivity contribution in [1.82, 2.24) is 10.2 Å². The molecule has 1 aromatic carbocycles. The van der Waals surface area contributed by atoms with Crippen LogP contribution < -0.4 is 5.32 Å². The Morgan fingerprint density at radius 1 is 1.15 bits per heavy atom. The third-order valence-corrected chi connectivity index (χ3v) is 4.85. The van der Waals surface area contributed by atoms with Crippen molar-refractivity contribution in [2.24, 2.45) is 5.92 Å². The average Bonchev–Trinajstić information content (AvgIpc) is 3.25. The number of likely N-dealkylation sites (tertiary alicyclic amines) is 1. The SMILES string of the molecule is Cc1ccc(CN2CCCC(CNC3CC3)C2)cc1C. The van der Waals surface area contributed by atoms with Crippen molar-refractivity contribution >= 4 is 0 Å². The summed E-state index contributed by atoms with van der Waals surface area (Å²) < 4.78 is 0. The monoisotopic (exact) mass is 272 g/mol. The molecule has 0 spiro atoms. The standard InChI is InChI=1S/C18H28N2/c1-14-5-6-16(10-15(14)2)12-20-9-3-4-17(13-20)11-19-18-7-8-18/h5-6,10,17-19H,3-4,7-9,11-13H2,1-2H3. The Kier molecular flexibility index (Phi) is 4.42. The van der Waals surface area contributed by atoms with E-state index < -0.39 is 0 Å². The highest BCUT2D eigenvalue weighted by atomic mass is 15.1. The minimum Gasteiger partial charge on any atom is -0.314 e. The smallest absolute Gasteiger partial charge is 0.0233 e. The van der Waals surface area contributed by atoms with Gasteiger partial charge in [0.25, 0.3) is 0 Å². The minimum atomic E-state index is 0.852. The normalized spacial score (nSPS) is 24.0. The van der Waals surface area contributed by atoms with Gasteiger partial charge in [-0.25, -0.2) is 0 Å². The van der Waals surface area contributed by atoms with Gasteiger partial charge < -0.3 is 5.32 Å². The fraction of sp³-hybridized carbons (Fsp3) is 0.667. The molecular formula is C18H28N2. The lowest BCUT2D eigenvalue weighted by Gasteiger charge is -2.33. The van der Waals surface area contributed by atoms with E-state index in [2.05, 4.69) is 42.3 Å². The molecule has 2 fully saturated rings. The minimum absolute atomic E-state index is 0.852. The van der Waals surface area contributed by atoms with Gasteiger partial charge in [0.1, 0.15) is 0 Å². The topological polar surface area (TPSA) is 15.3 Å². The van der Waals surface area contributed by atoms with Gasteiger partial charge in [0, 0.05) is 19.1 Å². The summed E-state index contributed by atoms with van der Waals surface area (Å²) >= 11 is 0. The van der Waals surface area contributed by atoms with Crippen LogP contribution in [-0.2, 0) is 6.54 Å². The molecule has 110 valence electrons. The number of aryl methyl sites for hydroxylation is 2. The fourth-order valence-electron chi connectivity index (χ4n) is 3.24. The van der Waals surface area contributed by atoms with Gasteiger partial charge in [0.2, 0.25) is 0 Å². The van der Waals surface area contributed by atoms with E-state index in [1.807, 2.05) is 0 Å². The lowest BCUT2D eigenvalue weighted by Crippen LogP contribution is -2.39. The van der Waals surface area contributed by atoms with Gasteiger partial charge in [-0.3, -0.25) is 4.90 Å². The average molecular weight is 272 g/mol. The van der Waals surface area contributed by atoms with Crippen molar-refractivity contribution in [1.29, 1.82) is 0 Å². The van der Waals surface area contributed by atoms with Gasteiger partial charge >= 0.3 is 0 Å². The summed E-state index contributed by atoms with van der Waals surface area (Å²) in [6.07, 6.45) is 5.57. The number of rotatable bonds is 5. The van der Waals surface area contributed by atoms with E-state index >= 15 is 0 Å². The summed E-state index contributed by atoms with van der Waals surface area (Å²) in [6, 6.07) is 7.78. The first-order valence-electron chi connectivity index (χ1n) is 8.22. The van der Waals surface area contributed by atoms with Gasteiger partial charge in [0.15, 0.2) is 0 Å². The highest BCUT2D eigenvalue weighted by Crippen LogP contribution is 2.22. The number of hydrogen-bond acceptors (Lipinski definition) is 2. The van der Waals surface area contributed by atoms with Crippen LogP contribution in [0.1, 0.15) is 42.4 Å². The van der Waals surface area contributed by atoms with Gasteiger partial charge in [-0.05, 0) is 75.2 Å². The van der Waals surface area contributed by atoms with Crippen LogP contribution in [0.25, 0.3) is 0 Å². The first-order valence-corrected chi connectivity index (χ1v) is 8.22. The fourth-order valence-corrected chi connectivity index (χ4v) is 3.24. The highest BCUT2D eigenvalue weighted by molar-refractivity contribution is 5.29. The molecule has 1 heterocycles. The van der Waals surface area contributed by atoms with Crippen LogP contribution in [0.2, 0.25) is 0 Å². The maximum absolute atomic E-state index is 3.70. The molecule has 20 heavy (non-hydrogen) atoms. The molecule has 0 amide bonds. The Hall–Kier alpha value is -0.860. The summed E-state index contributed by atoms with van der Waals surface area (Å²) in [5.74, 6) is 0.857. The van der Waals surface area contributed by atoms with Crippen LogP contribution in [-0.4, -0.2) is 30.6 Å². The van der Waals surface area contributed by atoms with Crippen LogP contribution in [0.15, 0.2) is 18.2 Å². The molecule has 2 nitrogen and oxygen atoms in total. The molecule has 1 aliphatic carbocycles. The second-order valence-electron chi connectivity index (χ2n) is 6.84. The Morgan fingerprint density at radius 3 is 2.75 bits per heavy atom. The largest absolute Gasteiger partial charge is 0.314 e. The molecule has 1 atom stereocenters. The number of nitrogens with zero attached hydrogens (tertiary/aromatic N) is 1. The third kappa shape index (κ3) is 3.83. The zero-order chi connectivity index (χ0) is 13.9.